The van der Waals surface area contributed by atoms with E-state index in [-0.39, 0.29) is 61.4 Å². The van der Waals surface area contributed by atoms with Crippen LogP contribution in [0, 0.1) is 23.7 Å². The standard InChI is InChI=1S/C34H56N4O5/c39-28(24-13-7-3-1-2-4-8-14-24)18-19-29(40)36-23-31(42)37-22-30(41)35-20-12-11-17-27-34(43)32-25-15-9-5-6-10-16-26(21-25)33(32)38-27/h24-27,32-33,38H,1-23H2,(H,35,41)(H,36,40)(H,37,42). The summed E-state index contributed by atoms with van der Waals surface area (Å²) in [5.41, 5.74) is 0. The van der Waals surface area contributed by atoms with E-state index in [1.807, 2.05) is 0 Å². The molecule has 0 spiro atoms. The second-order valence-electron chi connectivity index (χ2n) is 13.7. The molecule has 3 amide bonds. The second-order valence-corrected chi connectivity index (χ2v) is 13.7. The molecule has 0 aromatic rings. The number of rotatable bonds is 13. The smallest absolute Gasteiger partial charge is 0.239 e. The third-order valence-corrected chi connectivity index (χ3v) is 10.5. The fourth-order valence-corrected chi connectivity index (χ4v) is 8.12. The number of unbranched alkanes of at least 4 members (excludes halogenated alkanes) is 1. The third kappa shape index (κ3) is 10.7. The number of nitrogens with one attached hydrogen (secondary N) is 4. The van der Waals surface area contributed by atoms with Gasteiger partial charge < -0.3 is 21.3 Å². The lowest BCUT2D eigenvalue weighted by Gasteiger charge is -2.20. The largest absolute Gasteiger partial charge is 0.355 e. The van der Waals surface area contributed by atoms with E-state index >= 15 is 0 Å². The lowest BCUT2D eigenvalue weighted by molar-refractivity contribution is -0.129. The van der Waals surface area contributed by atoms with Crippen molar-refractivity contribution in [2.75, 3.05) is 19.6 Å². The number of hydrogen-bond acceptors (Lipinski definition) is 6. The van der Waals surface area contributed by atoms with Gasteiger partial charge in [-0.3, -0.25) is 24.0 Å². The van der Waals surface area contributed by atoms with Gasteiger partial charge in [-0.15, -0.1) is 0 Å². The lowest BCUT2D eigenvalue weighted by atomic mass is 9.85. The highest BCUT2D eigenvalue weighted by Gasteiger charge is 2.52. The van der Waals surface area contributed by atoms with Crippen LogP contribution in [-0.2, 0) is 24.0 Å². The molecule has 1 saturated heterocycles. The first kappa shape index (κ1) is 33.6. The van der Waals surface area contributed by atoms with Crippen LogP contribution < -0.4 is 21.3 Å². The van der Waals surface area contributed by atoms with E-state index in [0.717, 1.165) is 44.9 Å². The van der Waals surface area contributed by atoms with Gasteiger partial charge in [0.2, 0.25) is 17.7 Å². The summed E-state index contributed by atoms with van der Waals surface area (Å²) < 4.78 is 0. The molecule has 0 radical (unpaired) electrons. The monoisotopic (exact) mass is 600 g/mol. The summed E-state index contributed by atoms with van der Waals surface area (Å²) in [6.07, 6.45) is 20.5. The molecule has 4 N–H and O–H groups in total. The lowest BCUT2D eigenvalue weighted by Crippen LogP contribution is -2.42. The van der Waals surface area contributed by atoms with Crippen LogP contribution in [0.1, 0.15) is 128 Å². The first-order valence-corrected chi connectivity index (χ1v) is 17.5. The van der Waals surface area contributed by atoms with Gasteiger partial charge in [0, 0.05) is 37.3 Å². The molecule has 1 aliphatic heterocycles. The van der Waals surface area contributed by atoms with Crippen LogP contribution in [0.3, 0.4) is 0 Å². The summed E-state index contributed by atoms with van der Waals surface area (Å²) in [5.74, 6) is 1.05. The Kier molecular flexibility index (Phi) is 14.0. The molecule has 2 bridgehead atoms. The molecule has 3 saturated carbocycles. The SMILES string of the molecule is O=C(CCC(=O)C1CCCCCCCC1)NCC(=O)NCC(=O)NCCCCC1NC2C3CCCCCCC(C3)C2C1=O. The Morgan fingerprint density at radius 3 is 1.93 bits per heavy atom. The molecular weight excluding hydrogens is 544 g/mol. The fraction of sp³-hybridized carbons (Fsp3) is 0.853. The minimum absolute atomic E-state index is 0.0460. The van der Waals surface area contributed by atoms with E-state index < -0.39 is 5.91 Å². The zero-order chi connectivity index (χ0) is 30.4. The van der Waals surface area contributed by atoms with E-state index in [9.17, 15) is 24.0 Å². The molecule has 0 aromatic heterocycles. The minimum Gasteiger partial charge on any atom is -0.355 e. The summed E-state index contributed by atoms with van der Waals surface area (Å²) in [6.45, 7) is 0.138. The normalized spacial score (nSPS) is 28.3. The van der Waals surface area contributed by atoms with Gasteiger partial charge in [-0.1, -0.05) is 64.2 Å². The maximum atomic E-state index is 13.2. The zero-order valence-corrected chi connectivity index (χ0v) is 26.3. The summed E-state index contributed by atoms with van der Waals surface area (Å²) in [6, 6.07) is 0.326. The van der Waals surface area contributed by atoms with E-state index in [1.165, 1.54) is 70.6 Å². The molecule has 4 aliphatic rings. The molecule has 4 fully saturated rings. The molecule has 242 valence electrons. The van der Waals surface area contributed by atoms with Gasteiger partial charge >= 0.3 is 0 Å². The molecule has 9 nitrogen and oxygen atoms in total. The van der Waals surface area contributed by atoms with E-state index in [2.05, 4.69) is 21.3 Å². The molecule has 1 heterocycles. The van der Waals surface area contributed by atoms with Crippen LogP contribution in [0.4, 0.5) is 0 Å². The Hall–Kier alpha value is -2.29. The molecule has 0 aromatic carbocycles. The molecule has 4 rings (SSSR count). The van der Waals surface area contributed by atoms with Gasteiger partial charge in [0.05, 0.1) is 19.1 Å². The summed E-state index contributed by atoms with van der Waals surface area (Å²) in [7, 11) is 0. The third-order valence-electron chi connectivity index (χ3n) is 10.5. The Bertz CT molecular complexity index is 945. The Morgan fingerprint density at radius 2 is 1.23 bits per heavy atom. The fourth-order valence-electron chi connectivity index (χ4n) is 8.12. The van der Waals surface area contributed by atoms with Gasteiger partial charge in [0.15, 0.2) is 5.78 Å². The van der Waals surface area contributed by atoms with Gasteiger partial charge in [-0.2, -0.15) is 0 Å². The first-order chi connectivity index (χ1) is 20.9. The summed E-state index contributed by atoms with van der Waals surface area (Å²) in [4.78, 5) is 62.2. The predicted octanol–water partition coefficient (Wildman–Crippen LogP) is 4.12. The van der Waals surface area contributed by atoms with Gasteiger partial charge in [-0.05, 0) is 63.2 Å². The molecule has 3 aliphatic carbocycles. The minimum atomic E-state index is -0.436. The zero-order valence-electron chi connectivity index (χ0n) is 26.3. The number of Topliss-reactive ketones (excluding diaryl/α,β-unsaturated/α-hetero) is 2. The van der Waals surface area contributed by atoms with Crippen LogP contribution in [0.5, 0.6) is 0 Å². The van der Waals surface area contributed by atoms with Gasteiger partial charge in [0.25, 0.3) is 0 Å². The maximum absolute atomic E-state index is 13.2. The average Bonchev–Trinajstić information content (AvgIpc) is 3.58. The maximum Gasteiger partial charge on any atom is 0.239 e. The van der Waals surface area contributed by atoms with Crippen molar-refractivity contribution in [2.24, 2.45) is 23.7 Å². The van der Waals surface area contributed by atoms with Crippen molar-refractivity contribution >= 4 is 29.3 Å². The highest BCUT2D eigenvalue weighted by Crippen LogP contribution is 2.47. The average molecular weight is 601 g/mol. The van der Waals surface area contributed by atoms with Crippen LogP contribution >= 0.6 is 0 Å². The molecule has 9 heteroatoms. The topological polar surface area (TPSA) is 133 Å². The van der Waals surface area contributed by atoms with Crippen LogP contribution in [0.2, 0.25) is 0 Å². The molecule has 5 unspecified atom stereocenters. The first-order valence-electron chi connectivity index (χ1n) is 17.5. The van der Waals surface area contributed by atoms with E-state index in [1.54, 1.807) is 0 Å². The van der Waals surface area contributed by atoms with Crippen molar-refractivity contribution in [2.45, 2.75) is 141 Å². The second kappa shape index (κ2) is 17.9. The highest BCUT2D eigenvalue weighted by molar-refractivity contribution is 5.90. The van der Waals surface area contributed by atoms with Crippen LogP contribution in [0.15, 0.2) is 0 Å². The molecular formula is C34H56N4O5. The number of carbonyl (C=O) groups is 5. The van der Waals surface area contributed by atoms with Crippen molar-refractivity contribution in [1.82, 2.24) is 21.3 Å². The Morgan fingerprint density at radius 1 is 0.651 bits per heavy atom. The van der Waals surface area contributed by atoms with Crippen LogP contribution in [-0.4, -0.2) is 61.0 Å². The number of fused-ring (bicyclic) bond motifs is 5. The quantitative estimate of drug-likeness (QED) is 0.235. The highest BCUT2D eigenvalue weighted by atomic mass is 16.2. The number of amides is 3. The van der Waals surface area contributed by atoms with Crippen molar-refractivity contribution < 1.29 is 24.0 Å². The van der Waals surface area contributed by atoms with Gasteiger partial charge in [0.1, 0.15) is 5.78 Å². The van der Waals surface area contributed by atoms with Crippen molar-refractivity contribution in [3.63, 3.8) is 0 Å². The van der Waals surface area contributed by atoms with E-state index in [0.29, 0.717) is 30.2 Å². The number of hydrogen-bond donors (Lipinski definition) is 4. The predicted molar refractivity (Wildman–Crippen MR) is 166 cm³/mol. The van der Waals surface area contributed by atoms with Crippen molar-refractivity contribution in [1.29, 1.82) is 0 Å². The van der Waals surface area contributed by atoms with Crippen molar-refractivity contribution in [3.8, 4) is 0 Å². The molecule has 5 atom stereocenters. The Labute approximate surface area is 258 Å². The Balaban J connectivity index is 1.02. The number of carbonyl (C=O) groups excluding carboxylic acids is 5. The molecule has 43 heavy (non-hydrogen) atoms. The van der Waals surface area contributed by atoms with E-state index in [4.69, 9.17) is 0 Å². The number of ketones is 2. The summed E-state index contributed by atoms with van der Waals surface area (Å²) >= 11 is 0. The summed E-state index contributed by atoms with van der Waals surface area (Å²) in [5, 5.41) is 11.6. The van der Waals surface area contributed by atoms with Gasteiger partial charge in [-0.25, -0.2) is 0 Å². The van der Waals surface area contributed by atoms with Crippen LogP contribution in [0.25, 0.3) is 0 Å². The van der Waals surface area contributed by atoms with Crippen molar-refractivity contribution in [3.05, 3.63) is 0 Å².